The van der Waals surface area contributed by atoms with Gasteiger partial charge in [-0.1, -0.05) is 30.3 Å². The van der Waals surface area contributed by atoms with Crippen LogP contribution in [0.25, 0.3) is 0 Å². The molecule has 8 heteroatoms. The fourth-order valence-electron chi connectivity index (χ4n) is 2.60. The highest BCUT2D eigenvalue weighted by Gasteiger charge is 2.08. The molecule has 0 radical (unpaired) electrons. The van der Waals surface area contributed by atoms with Crippen molar-refractivity contribution in [2.24, 2.45) is 0 Å². The monoisotopic (exact) mass is 383 g/mol. The quantitative estimate of drug-likeness (QED) is 0.555. The summed E-state index contributed by atoms with van der Waals surface area (Å²) in [5.74, 6) is -0.122. The van der Waals surface area contributed by atoms with Gasteiger partial charge >= 0.3 is 0 Å². The van der Waals surface area contributed by atoms with Crippen molar-refractivity contribution >= 4 is 23.2 Å². The number of nitrogens with one attached hydrogen (secondary N) is 2. The predicted molar refractivity (Wildman–Crippen MR) is 103 cm³/mol. The first-order valence-corrected chi connectivity index (χ1v) is 9.58. The van der Waals surface area contributed by atoms with Gasteiger partial charge in [0.2, 0.25) is 5.91 Å². The topological polar surface area (TPSA) is 88.9 Å². The van der Waals surface area contributed by atoms with Crippen molar-refractivity contribution < 1.29 is 9.59 Å². The number of carbonyl (C=O) groups is 2. The maximum absolute atomic E-state index is 12.1. The summed E-state index contributed by atoms with van der Waals surface area (Å²) in [6.45, 7) is 1.55. The summed E-state index contributed by atoms with van der Waals surface area (Å²) in [6, 6.07) is 11.6. The number of hydrogen-bond acceptors (Lipinski definition) is 5. The number of nitrogens with zero attached hydrogens (tertiary/aromatic N) is 3. The van der Waals surface area contributed by atoms with E-state index >= 15 is 0 Å². The van der Waals surface area contributed by atoms with Gasteiger partial charge in [-0.05, 0) is 29.0 Å². The standard InChI is InChI=1S/C19H21N5O2S/c25-18(8-3-9-21-19(26)17-7-4-10-27-17)22-11-15-5-1-2-6-16(15)12-24-14-20-13-23-24/h1-2,4-7,10,13-14H,3,8-9,11-12H2,(H,21,26)(H,22,25). The molecule has 27 heavy (non-hydrogen) atoms. The molecule has 0 atom stereocenters. The maximum Gasteiger partial charge on any atom is 0.261 e. The third kappa shape index (κ3) is 5.75. The molecule has 0 saturated heterocycles. The highest BCUT2D eigenvalue weighted by atomic mass is 32.1. The van der Waals surface area contributed by atoms with Crippen molar-refractivity contribution in [2.75, 3.05) is 6.54 Å². The van der Waals surface area contributed by atoms with Gasteiger partial charge in [0.1, 0.15) is 12.7 Å². The molecule has 0 aliphatic rings. The van der Waals surface area contributed by atoms with E-state index in [4.69, 9.17) is 0 Å². The summed E-state index contributed by atoms with van der Waals surface area (Å²) in [6.07, 6.45) is 4.14. The Bertz CT molecular complexity index is 862. The SMILES string of the molecule is O=C(CCCNC(=O)c1cccs1)NCc1ccccc1Cn1cncn1. The van der Waals surface area contributed by atoms with E-state index in [2.05, 4.69) is 20.7 Å². The van der Waals surface area contributed by atoms with Crippen molar-refractivity contribution in [3.63, 3.8) is 0 Å². The Hall–Kier alpha value is -3.00. The van der Waals surface area contributed by atoms with Crippen LogP contribution in [0.5, 0.6) is 0 Å². The van der Waals surface area contributed by atoms with Gasteiger partial charge < -0.3 is 10.6 Å². The van der Waals surface area contributed by atoms with Crippen LogP contribution >= 0.6 is 11.3 Å². The first kappa shape index (κ1) is 18.8. The first-order chi connectivity index (χ1) is 13.2. The van der Waals surface area contributed by atoms with Gasteiger partial charge in [-0.2, -0.15) is 5.10 Å². The molecule has 2 N–H and O–H groups in total. The molecule has 2 heterocycles. The lowest BCUT2D eigenvalue weighted by atomic mass is 10.1. The van der Waals surface area contributed by atoms with Crippen molar-refractivity contribution in [3.8, 4) is 0 Å². The van der Waals surface area contributed by atoms with Crippen LogP contribution in [0.2, 0.25) is 0 Å². The van der Waals surface area contributed by atoms with Crippen LogP contribution in [0.1, 0.15) is 33.6 Å². The van der Waals surface area contributed by atoms with Gasteiger partial charge in [0.25, 0.3) is 5.91 Å². The molecule has 0 aliphatic heterocycles. The Kier molecular flexibility index (Phi) is 6.70. The highest BCUT2D eigenvalue weighted by molar-refractivity contribution is 7.12. The van der Waals surface area contributed by atoms with E-state index < -0.39 is 0 Å². The smallest absolute Gasteiger partial charge is 0.261 e. The molecule has 2 amide bonds. The number of carbonyl (C=O) groups excluding carboxylic acids is 2. The Balaban J connectivity index is 1.40. The van der Waals surface area contributed by atoms with E-state index in [0.29, 0.717) is 37.4 Å². The molecule has 0 bridgehead atoms. The molecule has 0 spiro atoms. The van der Waals surface area contributed by atoms with Crippen LogP contribution in [-0.2, 0) is 17.9 Å². The zero-order chi connectivity index (χ0) is 18.9. The Morgan fingerprint density at radius 1 is 1.07 bits per heavy atom. The van der Waals surface area contributed by atoms with Crippen LogP contribution in [0.3, 0.4) is 0 Å². The molecule has 7 nitrogen and oxygen atoms in total. The molecule has 3 rings (SSSR count). The number of aromatic nitrogens is 3. The van der Waals surface area contributed by atoms with E-state index in [1.807, 2.05) is 35.7 Å². The minimum atomic E-state index is -0.0903. The van der Waals surface area contributed by atoms with E-state index in [-0.39, 0.29) is 11.8 Å². The van der Waals surface area contributed by atoms with Gasteiger partial charge in [0.15, 0.2) is 0 Å². The third-order valence-corrected chi connectivity index (χ3v) is 4.87. The van der Waals surface area contributed by atoms with Gasteiger partial charge in [-0.15, -0.1) is 11.3 Å². The third-order valence-electron chi connectivity index (χ3n) is 4.00. The highest BCUT2D eigenvalue weighted by Crippen LogP contribution is 2.10. The van der Waals surface area contributed by atoms with Crippen LogP contribution in [0.15, 0.2) is 54.4 Å². The molecular formula is C19H21N5O2S. The van der Waals surface area contributed by atoms with Crippen LogP contribution < -0.4 is 10.6 Å². The Labute approximate surface area is 161 Å². The van der Waals surface area contributed by atoms with Crippen LogP contribution in [0.4, 0.5) is 0 Å². The fourth-order valence-corrected chi connectivity index (χ4v) is 3.24. The van der Waals surface area contributed by atoms with Gasteiger partial charge in [-0.3, -0.25) is 9.59 Å². The lowest BCUT2D eigenvalue weighted by Crippen LogP contribution is -2.27. The van der Waals surface area contributed by atoms with Crippen molar-refractivity contribution in [1.82, 2.24) is 25.4 Å². The van der Waals surface area contributed by atoms with Gasteiger partial charge in [0, 0.05) is 19.5 Å². The zero-order valence-electron chi connectivity index (χ0n) is 14.8. The second kappa shape index (κ2) is 9.63. The first-order valence-electron chi connectivity index (χ1n) is 8.70. The zero-order valence-corrected chi connectivity index (χ0v) is 15.6. The summed E-state index contributed by atoms with van der Waals surface area (Å²) < 4.78 is 1.75. The number of benzene rings is 1. The second-order valence-corrected chi connectivity index (χ2v) is 6.92. The molecule has 0 unspecified atom stereocenters. The Morgan fingerprint density at radius 3 is 2.67 bits per heavy atom. The summed E-state index contributed by atoms with van der Waals surface area (Å²) in [5, 5.41) is 11.7. The number of rotatable bonds is 9. The second-order valence-electron chi connectivity index (χ2n) is 5.98. The number of hydrogen-bond donors (Lipinski definition) is 2. The minimum absolute atomic E-state index is 0.0315. The lowest BCUT2D eigenvalue weighted by molar-refractivity contribution is -0.121. The molecule has 140 valence electrons. The molecule has 1 aromatic carbocycles. The fraction of sp³-hybridized carbons (Fsp3) is 0.263. The van der Waals surface area contributed by atoms with Crippen molar-refractivity contribution in [3.05, 3.63) is 70.4 Å². The normalized spacial score (nSPS) is 10.5. The molecular weight excluding hydrogens is 362 g/mol. The summed E-state index contributed by atoms with van der Waals surface area (Å²) in [7, 11) is 0. The van der Waals surface area contributed by atoms with Crippen LogP contribution in [-0.4, -0.2) is 33.1 Å². The average Bonchev–Trinajstić information content (AvgIpc) is 3.38. The van der Waals surface area contributed by atoms with Crippen molar-refractivity contribution in [1.29, 1.82) is 0 Å². The predicted octanol–water partition coefficient (Wildman–Crippen LogP) is 2.21. The molecule has 0 saturated carbocycles. The van der Waals surface area contributed by atoms with E-state index in [1.54, 1.807) is 17.1 Å². The Morgan fingerprint density at radius 2 is 1.93 bits per heavy atom. The molecule has 0 fully saturated rings. The lowest BCUT2D eigenvalue weighted by Gasteiger charge is -2.11. The molecule has 2 aromatic heterocycles. The molecule has 0 aliphatic carbocycles. The minimum Gasteiger partial charge on any atom is -0.352 e. The van der Waals surface area contributed by atoms with Gasteiger partial charge in [-0.25, -0.2) is 9.67 Å². The van der Waals surface area contributed by atoms with Gasteiger partial charge in [0.05, 0.1) is 11.4 Å². The van der Waals surface area contributed by atoms with E-state index in [0.717, 1.165) is 11.1 Å². The largest absolute Gasteiger partial charge is 0.352 e. The molecule has 3 aromatic rings. The maximum atomic E-state index is 12.1. The van der Waals surface area contributed by atoms with Crippen molar-refractivity contribution in [2.45, 2.75) is 25.9 Å². The van der Waals surface area contributed by atoms with Crippen LogP contribution in [0, 0.1) is 0 Å². The summed E-state index contributed by atoms with van der Waals surface area (Å²) >= 11 is 1.40. The van der Waals surface area contributed by atoms with E-state index in [9.17, 15) is 9.59 Å². The number of thiophene rings is 1. The summed E-state index contributed by atoms with van der Waals surface area (Å²) in [4.78, 5) is 28.5. The number of amides is 2. The van der Waals surface area contributed by atoms with E-state index in [1.165, 1.54) is 17.7 Å². The summed E-state index contributed by atoms with van der Waals surface area (Å²) in [5.41, 5.74) is 2.14. The average molecular weight is 383 g/mol.